The topological polar surface area (TPSA) is 24.4 Å². The van der Waals surface area contributed by atoms with Crippen LogP contribution in [0.15, 0.2) is 58.7 Å². The minimum Gasteiger partial charge on any atom is -0.275 e. The fraction of sp³-hybridized carbons (Fsp3) is 0. The second kappa shape index (κ2) is 6.82. The first kappa shape index (κ1) is 14.2. The molecule has 1 N–H and O–H groups in total. The molecule has 0 aliphatic rings. The van der Waals surface area contributed by atoms with E-state index in [4.69, 9.17) is 11.6 Å². The van der Waals surface area contributed by atoms with Crippen molar-refractivity contribution in [2.24, 2.45) is 5.10 Å². The molecular weight excluding hydrogens is 282 g/mol. The third-order valence-corrected chi connectivity index (χ3v) is 2.61. The van der Waals surface area contributed by atoms with Crippen molar-refractivity contribution in [1.29, 1.82) is 0 Å². The summed E-state index contributed by atoms with van der Waals surface area (Å²) in [5, 5.41) is 4.17. The first-order valence-corrected chi connectivity index (χ1v) is 6.19. The van der Waals surface area contributed by atoms with Crippen molar-refractivity contribution in [3.8, 4) is 0 Å². The Bertz CT molecular complexity index is 640. The van der Waals surface area contributed by atoms with Crippen LogP contribution in [0.1, 0.15) is 5.56 Å². The maximum Gasteiger partial charge on any atom is 0.151 e. The molecule has 0 saturated heterocycles. The highest BCUT2D eigenvalue weighted by Gasteiger charge is 2.01. The van der Waals surface area contributed by atoms with Crippen LogP contribution in [0.3, 0.4) is 0 Å². The molecule has 0 aromatic heterocycles. The average molecular weight is 293 g/mol. The van der Waals surface area contributed by atoms with E-state index in [9.17, 15) is 8.78 Å². The highest BCUT2D eigenvalue weighted by Crippen LogP contribution is 2.15. The highest BCUT2D eigenvalue weighted by atomic mass is 35.5. The Labute approximate surface area is 120 Å². The first-order valence-electron chi connectivity index (χ1n) is 5.81. The minimum atomic E-state index is -0.717. The Morgan fingerprint density at radius 1 is 1.10 bits per heavy atom. The van der Waals surface area contributed by atoms with Gasteiger partial charge in [0.25, 0.3) is 0 Å². The quantitative estimate of drug-likeness (QED) is 0.644. The Hall–Kier alpha value is -2.20. The fourth-order valence-corrected chi connectivity index (χ4v) is 1.66. The van der Waals surface area contributed by atoms with E-state index in [0.717, 1.165) is 17.7 Å². The summed E-state index contributed by atoms with van der Waals surface area (Å²) >= 11 is 5.96. The lowest BCUT2D eigenvalue weighted by molar-refractivity contribution is 0.585. The van der Waals surface area contributed by atoms with Gasteiger partial charge in [0.05, 0.1) is 16.9 Å². The van der Waals surface area contributed by atoms with Gasteiger partial charge >= 0.3 is 0 Å². The number of anilines is 1. The monoisotopic (exact) mass is 292 g/mol. The molecule has 5 heteroatoms. The lowest BCUT2D eigenvalue weighted by Crippen LogP contribution is -1.93. The van der Waals surface area contributed by atoms with Crippen molar-refractivity contribution in [1.82, 2.24) is 0 Å². The molecule has 2 aromatic carbocycles. The molecular formula is C15H11ClF2N2. The molecule has 0 heterocycles. The number of benzene rings is 2. The summed E-state index contributed by atoms with van der Waals surface area (Å²) in [5.74, 6) is -1.36. The van der Waals surface area contributed by atoms with Gasteiger partial charge in [0.1, 0.15) is 5.82 Å². The number of nitrogens with one attached hydrogen (secondary N) is 1. The fourth-order valence-electron chi connectivity index (χ4n) is 1.49. The van der Waals surface area contributed by atoms with Crippen LogP contribution >= 0.6 is 11.6 Å². The molecule has 0 amide bonds. The summed E-state index contributed by atoms with van der Waals surface area (Å²) in [6, 6.07) is 12.6. The van der Waals surface area contributed by atoms with Crippen molar-refractivity contribution in [2.75, 3.05) is 5.43 Å². The zero-order valence-electron chi connectivity index (χ0n) is 10.4. The Kier molecular flexibility index (Phi) is 4.85. The number of rotatable bonds is 4. The molecule has 0 atom stereocenters. The minimum absolute atomic E-state index is 0.0758. The maximum absolute atomic E-state index is 13.3. The summed E-state index contributed by atoms with van der Waals surface area (Å²) in [4.78, 5) is 0. The summed E-state index contributed by atoms with van der Waals surface area (Å²) in [5.41, 5.74) is 3.46. The molecule has 0 spiro atoms. The molecule has 0 fully saturated rings. The van der Waals surface area contributed by atoms with Crippen LogP contribution in [0, 0.1) is 11.6 Å². The number of allylic oxidation sites excluding steroid dienone is 1. The van der Waals surface area contributed by atoms with Crippen LogP contribution in [0.4, 0.5) is 14.5 Å². The van der Waals surface area contributed by atoms with Gasteiger partial charge in [-0.25, -0.2) is 8.78 Å². The van der Waals surface area contributed by atoms with Gasteiger partial charge < -0.3 is 0 Å². The van der Waals surface area contributed by atoms with E-state index in [2.05, 4.69) is 10.5 Å². The second-order valence-electron chi connectivity index (χ2n) is 3.93. The number of nitrogens with zero attached hydrogens (tertiary/aromatic N) is 1. The molecule has 0 saturated carbocycles. The molecule has 2 rings (SSSR count). The van der Waals surface area contributed by atoms with Gasteiger partial charge in [-0.2, -0.15) is 5.10 Å². The molecule has 102 valence electrons. The molecule has 0 bridgehead atoms. The van der Waals surface area contributed by atoms with E-state index in [1.165, 1.54) is 12.3 Å². The lowest BCUT2D eigenvalue weighted by atomic mass is 10.2. The average Bonchev–Trinajstić information content (AvgIpc) is 2.42. The van der Waals surface area contributed by atoms with E-state index >= 15 is 0 Å². The van der Waals surface area contributed by atoms with Gasteiger partial charge in [-0.3, -0.25) is 5.43 Å². The van der Waals surface area contributed by atoms with E-state index < -0.39 is 11.6 Å². The molecule has 0 aliphatic carbocycles. The van der Waals surface area contributed by atoms with Gasteiger partial charge in [-0.05, 0) is 23.8 Å². The standard InChI is InChI=1S/C15H11ClF2N2/c16-12(8-11-4-2-1-3-5-11)10-19-20-15-7-6-13(17)9-14(15)18/h1-10,20H/b12-8-,19-10-. The van der Waals surface area contributed by atoms with Gasteiger partial charge in [0.2, 0.25) is 0 Å². The lowest BCUT2D eigenvalue weighted by Gasteiger charge is -2.01. The number of halogens is 3. The van der Waals surface area contributed by atoms with Crippen LogP contribution in [0.5, 0.6) is 0 Å². The van der Waals surface area contributed by atoms with E-state index in [1.807, 2.05) is 30.3 Å². The second-order valence-corrected chi connectivity index (χ2v) is 4.37. The van der Waals surface area contributed by atoms with Crippen molar-refractivity contribution in [2.45, 2.75) is 0 Å². The predicted octanol–water partition coefficient (Wildman–Crippen LogP) is 4.64. The molecule has 0 unspecified atom stereocenters. The van der Waals surface area contributed by atoms with Gasteiger partial charge in [0.15, 0.2) is 5.82 Å². The first-order chi connectivity index (χ1) is 9.65. The number of hydrazone groups is 1. The third kappa shape index (κ3) is 4.17. The van der Waals surface area contributed by atoms with Crippen molar-refractivity contribution in [3.05, 3.63) is 70.8 Å². The van der Waals surface area contributed by atoms with E-state index in [-0.39, 0.29) is 5.69 Å². The zero-order chi connectivity index (χ0) is 14.4. The summed E-state index contributed by atoms with van der Waals surface area (Å²) in [7, 11) is 0. The SMILES string of the molecule is Fc1ccc(N/N=C\C(Cl)=C\c2ccccc2)c(F)c1. The summed E-state index contributed by atoms with van der Waals surface area (Å²) < 4.78 is 26.0. The maximum atomic E-state index is 13.3. The molecule has 0 radical (unpaired) electrons. The van der Waals surface area contributed by atoms with Crippen LogP contribution in [-0.2, 0) is 0 Å². The number of hydrogen-bond donors (Lipinski definition) is 1. The molecule has 20 heavy (non-hydrogen) atoms. The number of hydrogen-bond acceptors (Lipinski definition) is 2. The molecule has 2 nitrogen and oxygen atoms in total. The van der Waals surface area contributed by atoms with Crippen molar-refractivity contribution < 1.29 is 8.78 Å². The smallest absolute Gasteiger partial charge is 0.151 e. The largest absolute Gasteiger partial charge is 0.275 e. The summed E-state index contributed by atoms with van der Waals surface area (Å²) in [6.07, 6.45) is 3.06. The highest BCUT2D eigenvalue weighted by molar-refractivity contribution is 6.41. The summed E-state index contributed by atoms with van der Waals surface area (Å²) in [6.45, 7) is 0. The Balaban J connectivity index is 2.01. The van der Waals surface area contributed by atoms with Crippen molar-refractivity contribution in [3.63, 3.8) is 0 Å². The molecule has 2 aromatic rings. The van der Waals surface area contributed by atoms with Gasteiger partial charge in [-0.1, -0.05) is 41.9 Å². The van der Waals surface area contributed by atoms with Crippen LogP contribution < -0.4 is 5.43 Å². The zero-order valence-corrected chi connectivity index (χ0v) is 11.1. The Morgan fingerprint density at radius 3 is 2.55 bits per heavy atom. The van der Waals surface area contributed by atoms with Crippen LogP contribution in [0.2, 0.25) is 0 Å². The molecule has 0 aliphatic heterocycles. The van der Waals surface area contributed by atoms with E-state index in [1.54, 1.807) is 6.08 Å². The third-order valence-electron chi connectivity index (χ3n) is 2.41. The van der Waals surface area contributed by atoms with Gasteiger partial charge in [-0.15, -0.1) is 0 Å². The predicted molar refractivity (Wildman–Crippen MR) is 78.7 cm³/mol. The van der Waals surface area contributed by atoms with Crippen molar-refractivity contribution >= 4 is 29.6 Å². The van der Waals surface area contributed by atoms with Gasteiger partial charge in [0, 0.05) is 6.07 Å². The van der Waals surface area contributed by atoms with Crippen LogP contribution in [0.25, 0.3) is 6.08 Å². The van der Waals surface area contributed by atoms with E-state index in [0.29, 0.717) is 5.03 Å². The normalized spacial score (nSPS) is 11.8. The Morgan fingerprint density at radius 2 is 1.85 bits per heavy atom. The van der Waals surface area contributed by atoms with Crippen LogP contribution in [-0.4, -0.2) is 6.21 Å².